The van der Waals surface area contributed by atoms with Crippen LogP contribution in [0.25, 0.3) is 0 Å². The normalized spacial score (nSPS) is 16.5. The molecule has 3 aromatic carbocycles. The first kappa shape index (κ1) is 21.5. The quantitative estimate of drug-likeness (QED) is 0.580. The van der Waals surface area contributed by atoms with Crippen LogP contribution in [0.15, 0.2) is 82.7 Å². The zero-order valence-electron chi connectivity index (χ0n) is 18.3. The molecular weight excluding hydrogens is 438 g/mol. The van der Waals surface area contributed by atoms with Crippen molar-refractivity contribution in [2.45, 2.75) is 11.3 Å². The van der Waals surface area contributed by atoms with Gasteiger partial charge in [0.1, 0.15) is 23.0 Å². The lowest BCUT2D eigenvalue weighted by atomic mass is 10.1. The lowest BCUT2D eigenvalue weighted by Gasteiger charge is -2.25. The number of ether oxygens (including phenoxy) is 2. The maximum absolute atomic E-state index is 13.2. The van der Waals surface area contributed by atoms with Gasteiger partial charge in [-0.1, -0.05) is 30.3 Å². The van der Waals surface area contributed by atoms with Gasteiger partial charge in [0, 0.05) is 26.2 Å². The summed E-state index contributed by atoms with van der Waals surface area (Å²) in [6.07, 6.45) is 0.687. The molecule has 7 nitrogen and oxygen atoms in total. The van der Waals surface area contributed by atoms with Crippen LogP contribution >= 0.6 is 0 Å². The summed E-state index contributed by atoms with van der Waals surface area (Å²) in [5.74, 6) is 2.84. The van der Waals surface area contributed by atoms with E-state index in [0.717, 1.165) is 17.1 Å². The third-order valence-corrected chi connectivity index (χ3v) is 7.79. The van der Waals surface area contributed by atoms with Crippen molar-refractivity contribution in [3.8, 4) is 17.2 Å². The van der Waals surface area contributed by atoms with E-state index in [1.165, 1.54) is 0 Å². The number of sulfonamides is 1. The number of aliphatic imine (C=N–C) groups is 1. The Morgan fingerprint density at radius 1 is 0.879 bits per heavy atom. The van der Waals surface area contributed by atoms with Gasteiger partial charge in [-0.15, -0.1) is 0 Å². The van der Waals surface area contributed by atoms with Crippen molar-refractivity contribution in [3.63, 3.8) is 0 Å². The minimum atomic E-state index is -3.54. The first-order valence-electron chi connectivity index (χ1n) is 10.9. The van der Waals surface area contributed by atoms with Crippen molar-refractivity contribution in [2.75, 3.05) is 33.3 Å². The fourth-order valence-corrected chi connectivity index (χ4v) is 5.65. The predicted octanol–water partition coefficient (Wildman–Crippen LogP) is 4.28. The van der Waals surface area contributed by atoms with Gasteiger partial charge in [0.15, 0.2) is 5.75 Å². The number of nitrogens with zero attached hydrogens (tertiary/aromatic N) is 3. The zero-order chi connectivity index (χ0) is 22.8. The first-order chi connectivity index (χ1) is 16.1. The topological polar surface area (TPSA) is 71.4 Å². The van der Waals surface area contributed by atoms with Gasteiger partial charge in [0.2, 0.25) is 10.0 Å². The molecule has 0 amide bonds. The molecule has 0 aliphatic carbocycles. The molecule has 0 atom stereocenters. The lowest BCUT2D eigenvalue weighted by Crippen LogP contribution is -2.37. The maximum atomic E-state index is 13.2. The summed E-state index contributed by atoms with van der Waals surface area (Å²) in [6, 6.07) is 21.9. The van der Waals surface area contributed by atoms with Gasteiger partial charge in [-0.2, -0.15) is 4.31 Å². The fraction of sp³-hybridized carbons (Fsp3) is 0.240. The van der Waals surface area contributed by atoms with Crippen LogP contribution in [-0.4, -0.2) is 56.7 Å². The number of rotatable bonds is 3. The summed E-state index contributed by atoms with van der Waals surface area (Å²) >= 11 is 0. The Bertz CT molecular complexity index is 1290. The molecule has 2 heterocycles. The van der Waals surface area contributed by atoms with E-state index in [2.05, 4.69) is 4.90 Å². The molecule has 0 N–H and O–H groups in total. The van der Waals surface area contributed by atoms with E-state index in [9.17, 15) is 8.42 Å². The molecule has 0 unspecified atom stereocenters. The highest BCUT2D eigenvalue weighted by molar-refractivity contribution is 7.89. The smallest absolute Gasteiger partial charge is 0.243 e. The Labute approximate surface area is 193 Å². The first-order valence-corrected chi connectivity index (χ1v) is 12.3. The highest BCUT2D eigenvalue weighted by Crippen LogP contribution is 2.39. The number of hydrogen-bond acceptors (Lipinski definition) is 6. The molecule has 1 saturated heterocycles. The molecule has 0 aromatic heterocycles. The van der Waals surface area contributed by atoms with Crippen molar-refractivity contribution >= 4 is 21.5 Å². The van der Waals surface area contributed by atoms with E-state index in [-0.39, 0.29) is 0 Å². The standard InChI is InChI=1S/C25H25N3O4S/c1-31-19-12-13-23-21(18-19)25(26-22-10-5-6-11-24(22)32-23)27-14-7-15-28(17-16-27)33(29,30)20-8-3-2-4-9-20/h2-6,8-13,18H,7,14-17H2,1H3. The fourth-order valence-electron chi connectivity index (χ4n) is 4.16. The largest absolute Gasteiger partial charge is 0.497 e. The minimum absolute atomic E-state index is 0.322. The van der Waals surface area contributed by atoms with Gasteiger partial charge < -0.3 is 14.4 Å². The van der Waals surface area contributed by atoms with Crippen LogP contribution in [0, 0.1) is 0 Å². The summed E-state index contributed by atoms with van der Waals surface area (Å²) < 4.78 is 39.5. The molecule has 170 valence electrons. The second kappa shape index (κ2) is 8.88. The Morgan fingerprint density at radius 3 is 2.48 bits per heavy atom. The summed E-state index contributed by atoms with van der Waals surface area (Å²) in [5, 5.41) is 0. The van der Waals surface area contributed by atoms with Crippen molar-refractivity contribution < 1.29 is 17.9 Å². The van der Waals surface area contributed by atoms with Crippen molar-refractivity contribution in [2.24, 2.45) is 4.99 Å². The number of fused-ring (bicyclic) bond motifs is 2. The van der Waals surface area contributed by atoms with Crippen molar-refractivity contribution in [1.82, 2.24) is 9.21 Å². The molecule has 0 spiro atoms. The third-order valence-electron chi connectivity index (χ3n) is 5.87. The van der Waals surface area contributed by atoms with Crippen LogP contribution in [-0.2, 0) is 10.0 Å². The monoisotopic (exact) mass is 463 g/mol. The van der Waals surface area contributed by atoms with Crippen molar-refractivity contribution in [3.05, 3.63) is 78.4 Å². The molecule has 0 radical (unpaired) electrons. The summed E-state index contributed by atoms with van der Waals surface area (Å²) in [6.45, 7) is 2.03. The van der Waals surface area contributed by atoms with E-state index in [0.29, 0.717) is 54.7 Å². The molecule has 2 aliphatic heterocycles. The van der Waals surface area contributed by atoms with Gasteiger partial charge in [-0.05, 0) is 48.9 Å². The Hall–Kier alpha value is -3.36. The SMILES string of the molecule is COc1ccc2c(c1)C(N1CCCN(S(=O)(=O)c3ccccc3)CC1)=Nc1ccccc1O2. The molecule has 2 aliphatic rings. The second-order valence-electron chi connectivity index (χ2n) is 7.93. The van der Waals surface area contributed by atoms with Crippen LogP contribution < -0.4 is 9.47 Å². The third kappa shape index (κ3) is 4.19. The maximum Gasteiger partial charge on any atom is 0.243 e. The lowest BCUT2D eigenvalue weighted by molar-refractivity contribution is 0.405. The Kier molecular flexibility index (Phi) is 5.78. The van der Waals surface area contributed by atoms with Gasteiger partial charge >= 0.3 is 0 Å². The molecule has 1 fully saturated rings. The molecule has 0 saturated carbocycles. The van der Waals surface area contributed by atoms with E-state index in [1.807, 2.05) is 48.5 Å². The Morgan fingerprint density at radius 2 is 1.67 bits per heavy atom. The average molecular weight is 464 g/mol. The molecule has 0 bridgehead atoms. The number of benzene rings is 3. The van der Waals surface area contributed by atoms with Crippen LogP contribution in [0.2, 0.25) is 0 Å². The summed E-state index contributed by atoms with van der Waals surface area (Å²) in [5.41, 5.74) is 1.56. The molecule has 33 heavy (non-hydrogen) atoms. The van der Waals surface area contributed by atoms with Gasteiger partial charge in [0.25, 0.3) is 0 Å². The van der Waals surface area contributed by atoms with Crippen LogP contribution in [0.1, 0.15) is 12.0 Å². The summed E-state index contributed by atoms with van der Waals surface area (Å²) in [7, 11) is -1.92. The number of para-hydroxylation sites is 2. The molecule has 8 heteroatoms. The minimum Gasteiger partial charge on any atom is -0.497 e. The summed E-state index contributed by atoms with van der Waals surface area (Å²) in [4.78, 5) is 7.43. The van der Waals surface area contributed by atoms with Crippen LogP contribution in [0.4, 0.5) is 5.69 Å². The number of methoxy groups -OCH3 is 1. The number of hydrogen-bond donors (Lipinski definition) is 0. The van der Waals surface area contributed by atoms with E-state index in [1.54, 1.807) is 35.7 Å². The predicted molar refractivity (Wildman–Crippen MR) is 127 cm³/mol. The van der Waals surface area contributed by atoms with E-state index < -0.39 is 10.0 Å². The van der Waals surface area contributed by atoms with Crippen LogP contribution in [0.5, 0.6) is 17.2 Å². The van der Waals surface area contributed by atoms with Gasteiger partial charge in [0.05, 0.1) is 17.6 Å². The molecule has 5 rings (SSSR count). The van der Waals surface area contributed by atoms with Gasteiger partial charge in [-0.25, -0.2) is 13.4 Å². The zero-order valence-corrected chi connectivity index (χ0v) is 19.2. The van der Waals surface area contributed by atoms with Crippen LogP contribution in [0.3, 0.4) is 0 Å². The highest BCUT2D eigenvalue weighted by Gasteiger charge is 2.30. The highest BCUT2D eigenvalue weighted by atomic mass is 32.2. The van der Waals surface area contributed by atoms with E-state index in [4.69, 9.17) is 14.5 Å². The number of amidine groups is 1. The second-order valence-corrected chi connectivity index (χ2v) is 9.86. The van der Waals surface area contributed by atoms with Crippen molar-refractivity contribution in [1.29, 1.82) is 0 Å². The average Bonchev–Trinajstić information content (AvgIpc) is 3.19. The Balaban J connectivity index is 1.49. The molecule has 3 aromatic rings. The molecular formula is C25H25N3O4S. The van der Waals surface area contributed by atoms with Gasteiger partial charge in [-0.3, -0.25) is 0 Å². The van der Waals surface area contributed by atoms with E-state index >= 15 is 0 Å².